The van der Waals surface area contributed by atoms with Crippen molar-refractivity contribution in [2.45, 2.75) is 6.54 Å². The molecule has 0 saturated heterocycles. The van der Waals surface area contributed by atoms with Crippen molar-refractivity contribution in [3.63, 3.8) is 0 Å². The molecule has 0 aliphatic carbocycles. The molecular weight excluding hydrogens is 332 g/mol. The summed E-state index contributed by atoms with van der Waals surface area (Å²) in [6.45, 7) is 0.0369. The second kappa shape index (κ2) is 8.21. The summed E-state index contributed by atoms with van der Waals surface area (Å²) in [6, 6.07) is 11.9. The quantitative estimate of drug-likeness (QED) is 0.802. The number of nitrogens with two attached hydrogens (primary N) is 1. The molecule has 0 fully saturated rings. The Morgan fingerprint density at radius 1 is 1.17 bits per heavy atom. The van der Waals surface area contributed by atoms with Crippen molar-refractivity contribution >= 4 is 23.4 Å². The van der Waals surface area contributed by atoms with Gasteiger partial charge in [-0.05, 0) is 29.8 Å². The van der Waals surface area contributed by atoms with Gasteiger partial charge in [0.05, 0.1) is 7.11 Å². The molecule has 0 aliphatic heterocycles. The van der Waals surface area contributed by atoms with Crippen LogP contribution in [0.25, 0.3) is 0 Å². The summed E-state index contributed by atoms with van der Waals surface area (Å²) in [5, 5.41) is 3.37. The van der Waals surface area contributed by atoms with E-state index < -0.39 is 5.91 Å². The number of benzene rings is 2. The number of methoxy groups -OCH3 is 1. The Morgan fingerprint density at radius 2 is 1.92 bits per heavy atom. The molecule has 0 unspecified atom stereocenters. The van der Waals surface area contributed by atoms with Crippen LogP contribution in [-0.2, 0) is 11.3 Å². The summed E-state index contributed by atoms with van der Waals surface area (Å²) in [7, 11) is 1.44. The van der Waals surface area contributed by atoms with Gasteiger partial charge < -0.3 is 20.5 Å². The summed E-state index contributed by atoms with van der Waals surface area (Å²) in [5.74, 6) is -0.214. The maximum absolute atomic E-state index is 12.3. The second-order valence-electron chi connectivity index (χ2n) is 4.89. The van der Waals surface area contributed by atoms with Crippen molar-refractivity contribution in [1.82, 2.24) is 5.32 Å². The summed E-state index contributed by atoms with van der Waals surface area (Å²) in [4.78, 5) is 23.0. The molecule has 2 amide bonds. The zero-order valence-corrected chi connectivity index (χ0v) is 13.8. The van der Waals surface area contributed by atoms with Gasteiger partial charge in [0.1, 0.15) is 0 Å². The van der Waals surface area contributed by atoms with E-state index in [1.54, 1.807) is 18.2 Å². The molecule has 2 rings (SSSR count). The van der Waals surface area contributed by atoms with E-state index in [2.05, 4.69) is 5.32 Å². The number of halogens is 1. The van der Waals surface area contributed by atoms with Gasteiger partial charge in [-0.3, -0.25) is 9.59 Å². The average Bonchev–Trinajstić information content (AvgIpc) is 2.58. The lowest BCUT2D eigenvalue weighted by Crippen LogP contribution is -2.23. The number of carbonyl (C=O) groups is 2. The van der Waals surface area contributed by atoms with Crippen LogP contribution in [0.1, 0.15) is 15.9 Å². The number of carbonyl (C=O) groups excluding carboxylic acids is 2. The Labute approximate surface area is 144 Å². The fourth-order valence-electron chi connectivity index (χ4n) is 2.00. The summed E-state index contributed by atoms with van der Waals surface area (Å²) >= 11 is 6.06. The standard InChI is InChI=1S/C17H17ClN2O4/c1-23-15-8-11(6-7-14(15)24-10-16(19)21)17(22)20-9-12-4-2-3-5-13(12)18/h2-8H,9-10H2,1H3,(H2,19,21)(H,20,22). The highest BCUT2D eigenvalue weighted by atomic mass is 35.5. The molecular formula is C17H17ClN2O4. The van der Waals surface area contributed by atoms with Gasteiger partial charge in [-0.1, -0.05) is 29.8 Å². The van der Waals surface area contributed by atoms with Gasteiger partial charge in [0.15, 0.2) is 18.1 Å². The highest BCUT2D eigenvalue weighted by Gasteiger charge is 2.12. The molecule has 0 atom stereocenters. The fraction of sp³-hybridized carbons (Fsp3) is 0.176. The Hall–Kier alpha value is -2.73. The van der Waals surface area contributed by atoms with E-state index in [-0.39, 0.29) is 12.5 Å². The molecule has 0 spiro atoms. The van der Waals surface area contributed by atoms with Crippen LogP contribution < -0.4 is 20.5 Å². The Bertz CT molecular complexity index is 749. The molecule has 2 aromatic rings. The molecule has 7 heteroatoms. The monoisotopic (exact) mass is 348 g/mol. The summed E-state index contributed by atoms with van der Waals surface area (Å²) < 4.78 is 10.4. The maximum Gasteiger partial charge on any atom is 0.255 e. The molecule has 0 bridgehead atoms. The normalized spacial score (nSPS) is 10.1. The van der Waals surface area contributed by atoms with Crippen molar-refractivity contribution in [1.29, 1.82) is 0 Å². The fourth-order valence-corrected chi connectivity index (χ4v) is 2.20. The number of nitrogens with one attached hydrogen (secondary N) is 1. The van der Waals surface area contributed by atoms with Gasteiger partial charge in [0.25, 0.3) is 11.8 Å². The van der Waals surface area contributed by atoms with Crippen LogP contribution >= 0.6 is 11.6 Å². The van der Waals surface area contributed by atoms with Crippen LogP contribution in [0.5, 0.6) is 11.5 Å². The Kier molecular flexibility index (Phi) is 6.03. The first-order valence-electron chi connectivity index (χ1n) is 7.12. The molecule has 0 saturated carbocycles. The van der Waals surface area contributed by atoms with Crippen molar-refractivity contribution in [2.24, 2.45) is 5.73 Å². The maximum atomic E-state index is 12.3. The van der Waals surface area contributed by atoms with Crippen LogP contribution in [0, 0.1) is 0 Å². The number of amides is 2. The van der Waals surface area contributed by atoms with Gasteiger partial charge in [-0.2, -0.15) is 0 Å². The Morgan fingerprint density at radius 3 is 2.58 bits per heavy atom. The zero-order chi connectivity index (χ0) is 17.5. The van der Waals surface area contributed by atoms with Gasteiger partial charge >= 0.3 is 0 Å². The largest absolute Gasteiger partial charge is 0.493 e. The summed E-state index contributed by atoms with van der Waals surface area (Å²) in [5.41, 5.74) is 6.25. The third-order valence-electron chi connectivity index (χ3n) is 3.19. The minimum absolute atomic E-state index is 0.269. The van der Waals surface area contributed by atoms with Gasteiger partial charge in [0.2, 0.25) is 0 Å². The van der Waals surface area contributed by atoms with Crippen LogP contribution in [0.4, 0.5) is 0 Å². The molecule has 0 aliphatic rings. The van der Waals surface area contributed by atoms with Crippen LogP contribution in [0.2, 0.25) is 5.02 Å². The minimum atomic E-state index is -0.599. The first kappa shape index (κ1) is 17.6. The van der Waals surface area contributed by atoms with E-state index in [1.807, 2.05) is 18.2 Å². The third-order valence-corrected chi connectivity index (χ3v) is 3.56. The van der Waals surface area contributed by atoms with E-state index in [1.165, 1.54) is 13.2 Å². The van der Waals surface area contributed by atoms with Crippen molar-refractivity contribution in [3.8, 4) is 11.5 Å². The smallest absolute Gasteiger partial charge is 0.255 e. The predicted octanol–water partition coefficient (Wildman–Crippen LogP) is 2.14. The zero-order valence-electron chi connectivity index (χ0n) is 13.0. The molecule has 0 heterocycles. The van der Waals surface area contributed by atoms with Gasteiger partial charge in [-0.15, -0.1) is 0 Å². The van der Waals surface area contributed by atoms with Crippen molar-refractivity contribution in [2.75, 3.05) is 13.7 Å². The van der Waals surface area contributed by atoms with Crippen molar-refractivity contribution in [3.05, 3.63) is 58.6 Å². The predicted molar refractivity (Wildman–Crippen MR) is 90.3 cm³/mol. The van der Waals surface area contributed by atoms with E-state index in [0.29, 0.717) is 28.6 Å². The SMILES string of the molecule is COc1cc(C(=O)NCc2ccccc2Cl)ccc1OCC(N)=O. The van der Waals surface area contributed by atoms with Crippen molar-refractivity contribution < 1.29 is 19.1 Å². The van der Waals surface area contributed by atoms with Crippen LogP contribution in [-0.4, -0.2) is 25.5 Å². The number of hydrogen-bond acceptors (Lipinski definition) is 4. The van der Waals surface area contributed by atoms with Crippen LogP contribution in [0.15, 0.2) is 42.5 Å². The van der Waals surface area contributed by atoms with Crippen LogP contribution in [0.3, 0.4) is 0 Å². The van der Waals surface area contributed by atoms with Gasteiger partial charge in [-0.25, -0.2) is 0 Å². The molecule has 126 valence electrons. The lowest BCUT2D eigenvalue weighted by molar-refractivity contribution is -0.119. The third kappa shape index (κ3) is 4.63. The highest BCUT2D eigenvalue weighted by molar-refractivity contribution is 6.31. The average molecular weight is 349 g/mol. The Balaban J connectivity index is 2.06. The number of hydrogen-bond donors (Lipinski definition) is 2. The van der Waals surface area contributed by atoms with Gasteiger partial charge in [0, 0.05) is 17.1 Å². The number of rotatable bonds is 7. The lowest BCUT2D eigenvalue weighted by atomic mass is 10.1. The molecule has 6 nitrogen and oxygen atoms in total. The highest BCUT2D eigenvalue weighted by Crippen LogP contribution is 2.28. The van der Waals surface area contributed by atoms with E-state index >= 15 is 0 Å². The number of ether oxygens (including phenoxy) is 2. The lowest BCUT2D eigenvalue weighted by Gasteiger charge is -2.12. The molecule has 24 heavy (non-hydrogen) atoms. The van der Waals surface area contributed by atoms with E-state index in [0.717, 1.165) is 5.56 Å². The molecule has 0 radical (unpaired) electrons. The summed E-state index contributed by atoms with van der Waals surface area (Å²) in [6.07, 6.45) is 0. The molecule has 0 aromatic heterocycles. The molecule has 3 N–H and O–H groups in total. The minimum Gasteiger partial charge on any atom is -0.493 e. The first-order valence-corrected chi connectivity index (χ1v) is 7.50. The second-order valence-corrected chi connectivity index (χ2v) is 5.30. The topological polar surface area (TPSA) is 90.7 Å². The molecule has 2 aromatic carbocycles. The first-order chi connectivity index (χ1) is 11.5. The number of primary amides is 1. The van der Waals surface area contributed by atoms with E-state index in [4.69, 9.17) is 26.8 Å². The van der Waals surface area contributed by atoms with E-state index in [9.17, 15) is 9.59 Å².